The smallest absolute Gasteiger partial charge is 0.254 e. The highest BCUT2D eigenvalue weighted by Gasteiger charge is 2.18. The van der Waals surface area contributed by atoms with Gasteiger partial charge in [-0.15, -0.1) is 0 Å². The predicted octanol–water partition coefficient (Wildman–Crippen LogP) is 1.37. The van der Waals surface area contributed by atoms with Crippen molar-refractivity contribution in [3.63, 3.8) is 0 Å². The van der Waals surface area contributed by atoms with E-state index in [9.17, 15) is 9.59 Å². The summed E-state index contributed by atoms with van der Waals surface area (Å²) in [5, 5.41) is 8.39. The largest absolute Gasteiger partial charge is 0.387 e. The van der Waals surface area contributed by atoms with Crippen LogP contribution < -0.4 is 16.0 Å². The van der Waals surface area contributed by atoms with Crippen LogP contribution in [0.2, 0.25) is 0 Å². The van der Waals surface area contributed by atoms with Crippen molar-refractivity contribution in [1.29, 1.82) is 0 Å². The monoisotopic (exact) mass is 263 g/mol. The molecular weight excluding hydrogens is 242 g/mol. The van der Waals surface area contributed by atoms with Crippen LogP contribution in [0.4, 0.5) is 5.69 Å². The Kier molecular flexibility index (Phi) is 5.36. The summed E-state index contributed by atoms with van der Waals surface area (Å²) in [5.74, 6) is -0.457. The van der Waals surface area contributed by atoms with Crippen molar-refractivity contribution < 1.29 is 9.59 Å². The van der Waals surface area contributed by atoms with Gasteiger partial charge in [0.25, 0.3) is 5.91 Å². The zero-order valence-electron chi connectivity index (χ0n) is 11.8. The molecule has 104 valence electrons. The van der Waals surface area contributed by atoms with Crippen molar-refractivity contribution in [2.45, 2.75) is 32.9 Å². The molecule has 0 saturated heterocycles. The average Bonchev–Trinajstić information content (AvgIpc) is 2.37. The van der Waals surface area contributed by atoms with Gasteiger partial charge in [0.05, 0.1) is 5.56 Å². The fourth-order valence-corrected chi connectivity index (χ4v) is 1.65. The van der Waals surface area contributed by atoms with Gasteiger partial charge in [0.15, 0.2) is 0 Å². The van der Waals surface area contributed by atoms with E-state index < -0.39 is 6.04 Å². The molecule has 19 heavy (non-hydrogen) atoms. The van der Waals surface area contributed by atoms with E-state index in [1.165, 1.54) is 0 Å². The number of hydrogen-bond acceptors (Lipinski definition) is 3. The first-order valence-electron chi connectivity index (χ1n) is 6.33. The van der Waals surface area contributed by atoms with Crippen LogP contribution >= 0.6 is 0 Å². The Labute approximate surface area is 113 Å². The lowest BCUT2D eigenvalue weighted by atomic mass is 10.1. The molecular formula is C14H21N3O2. The highest BCUT2D eigenvalue weighted by Crippen LogP contribution is 2.13. The van der Waals surface area contributed by atoms with Gasteiger partial charge in [-0.2, -0.15) is 0 Å². The van der Waals surface area contributed by atoms with E-state index in [1.807, 2.05) is 26.0 Å². The van der Waals surface area contributed by atoms with E-state index in [0.717, 1.165) is 5.69 Å². The SMILES string of the molecule is CNc1ccccc1C(=O)NC(C)C(=O)NC(C)C. The van der Waals surface area contributed by atoms with E-state index in [4.69, 9.17) is 0 Å². The van der Waals surface area contributed by atoms with Crippen LogP contribution in [-0.4, -0.2) is 30.9 Å². The van der Waals surface area contributed by atoms with E-state index in [0.29, 0.717) is 5.56 Å². The highest BCUT2D eigenvalue weighted by atomic mass is 16.2. The summed E-state index contributed by atoms with van der Waals surface area (Å²) in [5.41, 5.74) is 1.26. The second-order valence-corrected chi connectivity index (χ2v) is 4.65. The third-order valence-electron chi connectivity index (χ3n) is 2.61. The van der Waals surface area contributed by atoms with Crippen LogP contribution in [0.1, 0.15) is 31.1 Å². The molecule has 0 bridgehead atoms. The number of nitrogens with one attached hydrogen (secondary N) is 3. The number of para-hydroxylation sites is 1. The Morgan fingerprint density at radius 2 is 1.68 bits per heavy atom. The molecule has 0 aliphatic carbocycles. The summed E-state index contributed by atoms with van der Waals surface area (Å²) in [6, 6.07) is 6.64. The van der Waals surface area contributed by atoms with Crippen molar-refractivity contribution >= 4 is 17.5 Å². The highest BCUT2D eigenvalue weighted by molar-refractivity contribution is 6.01. The molecule has 0 fully saturated rings. The molecule has 0 heterocycles. The van der Waals surface area contributed by atoms with Crippen LogP contribution in [0.3, 0.4) is 0 Å². The molecule has 3 N–H and O–H groups in total. The fraction of sp³-hybridized carbons (Fsp3) is 0.429. The Bertz CT molecular complexity index is 458. The molecule has 0 saturated carbocycles. The maximum Gasteiger partial charge on any atom is 0.254 e. The molecule has 1 aromatic rings. The molecule has 0 radical (unpaired) electrons. The topological polar surface area (TPSA) is 70.2 Å². The van der Waals surface area contributed by atoms with E-state index in [2.05, 4.69) is 16.0 Å². The van der Waals surface area contributed by atoms with Crippen molar-refractivity contribution in [3.05, 3.63) is 29.8 Å². The maximum absolute atomic E-state index is 12.1. The summed E-state index contributed by atoms with van der Waals surface area (Å²) in [6.07, 6.45) is 0. The summed E-state index contributed by atoms with van der Waals surface area (Å²) >= 11 is 0. The lowest BCUT2D eigenvalue weighted by Crippen LogP contribution is -2.46. The number of hydrogen-bond donors (Lipinski definition) is 3. The van der Waals surface area contributed by atoms with Gasteiger partial charge in [-0.25, -0.2) is 0 Å². The third kappa shape index (κ3) is 4.28. The number of benzene rings is 1. The number of rotatable bonds is 5. The van der Waals surface area contributed by atoms with Gasteiger partial charge in [-0.05, 0) is 32.9 Å². The van der Waals surface area contributed by atoms with Crippen LogP contribution in [0.25, 0.3) is 0 Å². The lowest BCUT2D eigenvalue weighted by molar-refractivity contribution is -0.123. The maximum atomic E-state index is 12.1. The number of anilines is 1. The van der Waals surface area contributed by atoms with E-state index >= 15 is 0 Å². The normalized spacial score (nSPS) is 11.8. The first-order valence-corrected chi connectivity index (χ1v) is 6.33. The molecule has 1 rings (SSSR count). The Balaban J connectivity index is 2.71. The van der Waals surface area contributed by atoms with Crippen molar-refractivity contribution in [2.24, 2.45) is 0 Å². The first kappa shape index (κ1) is 15.0. The molecule has 5 nitrogen and oxygen atoms in total. The summed E-state index contributed by atoms with van der Waals surface area (Å²) < 4.78 is 0. The van der Waals surface area contributed by atoms with Crippen LogP contribution in [0, 0.1) is 0 Å². The van der Waals surface area contributed by atoms with Gasteiger partial charge in [0.2, 0.25) is 5.91 Å². The van der Waals surface area contributed by atoms with Gasteiger partial charge < -0.3 is 16.0 Å². The number of carbonyl (C=O) groups excluding carboxylic acids is 2. The molecule has 1 atom stereocenters. The zero-order valence-corrected chi connectivity index (χ0v) is 11.8. The van der Waals surface area contributed by atoms with Crippen LogP contribution in [0.15, 0.2) is 24.3 Å². The second kappa shape index (κ2) is 6.78. The Morgan fingerprint density at radius 3 is 2.26 bits per heavy atom. The van der Waals surface area contributed by atoms with Crippen LogP contribution in [0.5, 0.6) is 0 Å². The molecule has 0 spiro atoms. The molecule has 0 aliphatic rings. The van der Waals surface area contributed by atoms with Gasteiger partial charge >= 0.3 is 0 Å². The molecule has 0 aromatic heterocycles. The van der Waals surface area contributed by atoms with Crippen molar-refractivity contribution in [1.82, 2.24) is 10.6 Å². The van der Waals surface area contributed by atoms with Gasteiger partial charge in [-0.1, -0.05) is 12.1 Å². The minimum Gasteiger partial charge on any atom is -0.387 e. The summed E-state index contributed by atoms with van der Waals surface area (Å²) in [4.78, 5) is 23.8. The predicted molar refractivity (Wildman–Crippen MR) is 76.2 cm³/mol. The quantitative estimate of drug-likeness (QED) is 0.751. The van der Waals surface area contributed by atoms with Crippen LogP contribution in [-0.2, 0) is 4.79 Å². The molecule has 2 amide bonds. The number of amides is 2. The van der Waals surface area contributed by atoms with Crippen molar-refractivity contribution in [2.75, 3.05) is 12.4 Å². The minimum atomic E-state index is -0.570. The molecule has 1 unspecified atom stereocenters. The zero-order chi connectivity index (χ0) is 14.4. The molecule has 0 aliphatic heterocycles. The first-order chi connectivity index (χ1) is 8.95. The second-order valence-electron chi connectivity index (χ2n) is 4.65. The third-order valence-corrected chi connectivity index (χ3v) is 2.61. The Morgan fingerprint density at radius 1 is 1.05 bits per heavy atom. The fourth-order valence-electron chi connectivity index (χ4n) is 1.65. The van der Waals surface area contributed by atoms with Gasteiger partial charge in [0.1, 0.15) is 6.04 Å². The summed E-state index contributed by atoms with van der Waals surface area (Å²) in [6.45, 7) is 5.42. The van der Waals surface area contributed by atoms with Gasteiger partial charge in [0, 0.05) is 18.8 Å². The Hall–Kier alpha value is -2.04. The average molecular weight is 263 g/mol. The van der Waals surface area contributed by atoms with Gasteiger partial charge in [-0.3, -0.25) is 9.59 Å². The minimum absolute atomic E-state index is 0.0523. The van der Waals surface area contributed by atoms with E-state index in [1.54, 1.807) is 26.1 Å². The summed E-state index contributed by atoms with van der Waals surface area (Å²) in [7, 11) is 1.75. The lowest BCUT2D eigenvalue weighted by Gasteiger charge is -2.17. The molecule has 5 heteroatoms. The number of carbonyl (C=O) groups is 2. The van der Waals surface area contributed by atoms with Crippen molar-refractivity contribution in [3.8, 4) is 0 Å². The standard InChI is InChI=1S/C14H21N3O2/c1-9(2)16-13(18)10(3)17-14(19)11-7-5-6-8-12(11)15-4/h5-10,15H,1-4H3,(H,16,18)(H,17,19). The molecule has 1 aromatic carbocycles. The van der Waals surface area contributed by atoms with E-state index in [-0.39, 0.29) is 17.9 Å².